The van der Waals surface area contributed by atoms with Crippen LogP contribution in [0, 0.1) is 0 Å². The molecule has 1 heterocycles. The van der Waals surface area contributed by atoms with E-state index < -0.39 is 17.7 Å². The summed E-state index contributed by atoms with van der Waals surface area (Å²) in [5, 5.41) is 11.2. The van der Waals surface area contributed by atoms with Crippen LogP contribution in [0.15, 0.2) is 84.4 Å². The summed E-state index contributed by atoms with van der Waals surface area (Å²) in [6, 6.07) is 22.9. The topological polar surface area (TPSA) is 76.1 Å². The van der Waals surface area contributed by atoms with Gasteiger partial charge in [0.15, 0.2) is 0 Å². The fourth-order valence-electron chi connectivity index (χ4n) is 4.36. The third-order valence-electron chi connectivity index (χ3n) is 6.31. The molecule has 1 amide bonds. The van der Waals surface area contributed by atoms with E-state index in [1.807, 2.05) is 54.6 Å². The van der Waals surface area contributed by atoms with E-state index in [1.165, 1.54) is 4.90 Å². The van der Waals surface area contributed by atoms with E-state index in [2.05, 4.69) is 6.92 Å². The Morgan fingerprint density at radius 2 is 1.56 bits per heavy atom. The molecule has 3 aromatic rings. The van der Waals surface area contributed by atoms with Crippen molar-refractivity contribution in [3.05, 3.63) is 101 Å². The molecule has 1 N–H and O–H groups in total. The highest BCUT2D eigenvalue weighted by Crippen LogP contribution is 2.40. The first-order valence-electron chi connectivity index (χ1n) is 12.2. The van der Waals surface area contributed by atoms with Crippen LogP contribution in [-0.2, 0) is 16.1 Å². The van der Waals surface area contributed by atoms with Crippen LogP contribution in [0.2, 0.25) is 0 Å². The second kappa shape index (κ2) is 11.6. The molecule has 1 saturated heterocycles. The van der Waals surface area contributed by atoms with Crippen LogP contribution < -0.4 is 9.47 Å². The molecule has 0 spiro atoms. The van der Waals surface area contributed by atoms with Gasteiger partial charge < -0.3 is 19.5 Å². The Morgan fingerprint density at radius 3 is 2.19 bits per heavy atom. The van der Waals surface area contributed by atoms with Crippen molar-refractivity contribution >= 4 is 17.4 Å². The van der Waals surface area contributed by atoms with Gasteiger partial charge in [-0.05, 0) is 53.9 Å². The second-order valence-corrected chi connectivity index (χ2v) is 8.77. The molecule has 1 fully saturated rings. The van der Waals surface area contributed by atoms with E-state index in [4.69, 9.17) is 9.47 Å². The van der Waals surface area contributed by atoms with Crippen molar-refractivity contribution in [3.8, 4) is 11.5 Å². The van der Waals surface area contributed by atoms with Gasteiger partial charge in [0.2, 0.25) is 0 Å². The van der Waals surface area contributed by atoms with Gasteiger partial charge in [0.05, 0.1) is 25.3 Å². The zero-order valence-corrected chi connectivity index (χ0v) is 20.6. The quantitative estimate of drug-likeness (QED) is 0.168. The van der Waals surface area contributed by atoms with Crippen molar-refractivity contribution in [2.45, 2.75) is 38.8 Å². The van der Waals surface area contributed by atoms with Crippen molar-refractivity contribution in [1.82, 2.24) is 4.90 Å². The third kappa shape index (κ3) is 5.43. The first-order valence-corrected chi connectivity index (χ1v) is 12.2. The molecule has 0 aromatic heterocycles. The van der Waals surface area contributed by atoms with E-state index in [-0.39, 0.29) is 17.9 Å². The number of aliphatic hydroxyl groups is 1. The number of likely N-dealkylation sites (tertiary alicyclic amines) is 1. The molecule has 6 nitrogen and oxygen atoms in total. The van der Waals surface area contributed by atoms with Gasteiger partial charge in [-0.1, -0.05) is 62.2 Å². The summed E-state index contributed by atoms with van der Waals surface area (Å²) in [5.74, 6) is -0.202. The number of carbonyl (C=O) groups excluding carboxylic acids is 2. The van der Waals surface area contributed by atoms with Crippen LogP contribution in [0.25, 0.3) is 5.76 Å². The molecule has 0 radical (unpaired) electrons. The molecule has 1 aliphatic rings. The van der Waals surface area contributed by atoms with E-state index in [1.54, 1.807) is 31.4 Å². The summed E-state index contributed by atoms with van der Waals surface area (Å²) >= 11 is 0. The Bertz CT molecular complexity index is 1220. The summed E-state index contributed by atoms with van der Waals surface area (Å²) in [5.41, 5.74) is 2.12. The molecular weight excluding hydrogens is 454 g/mol. The monoisotopic (exact) mass is 485 g/mol. The average Bonchev–Trinajstić information content (AvgIpc) is 3.16. The molecule has 1 atom stereocenters. The van der Waals surface area contributed by atoms with Crippen LogP contribution in [0.3, 0.4) is 0 Å². The largest absolute Gasteiger partial charge is 0.507 e. The maximum atomic E-state index is 13.2. The first kappa shape index (κ1) is 25.0. The first-order chi connectivity index (χ1) is 17.5. The Labute approximate surface area is 211 Å². The van der Waals surface area contributed by atoms with Gasteiger partial charge in [-0.15, -0.1) is 0 Å². The number of nitrogens with zero attached hydrogens (tertiary/aromatic N) is 1. The smallest absolute Gasteiger partial charge is 0.295 e. The zero-order chi connectivity index (χ0) is 25.5. The van der Waals surface area contributed by atoms with Gasteiger partial charge in [-0.3, -0.25) is 9.59 Å². The van der Waals surface area contributed by atoms with E-state index in [0.717, 1.165) is 36.1 Å². The number of carbonyl (C=O) groups is 2. The molecule has 6 heteroatoms. The molecule has 0 saturated carbocycles. The number of amides is 1. The van der Waals surface area contributed by atoms with Crippen molar-refractivity contribution in [2.24, 2.45) is 0 Å². The molecule has 1 unspecified atom stereocenters. The summed E-state index contributed by atoms with van der Waals surface area (Å²) in [4.78, 5) is 28.0. The number of hydrogen-bond donors (Lipinski definition) is 1. The molecular formula is C30H31NO5. The molecule has 0 aliphatic carbocycles. The SMILES string of the molecule is CCCCCOc1ccc(C2/C(=C(\O)c3ccc(OC)cc3)C(=O)C(=O)N2Cc2ccccc2)cc1. The van der Waals surface area contributed by atoms with Crippen molar-refractivity contribution in [1.29, 1.82) is 0 Å². The standard InChI is InChI=1S/C30H31NO5/c1-3-4-8-19-36-25-17-11-22(12-18-25)27-26(28(32)23-13-15-24(35-2)16-14-23)29(33)30(34)31(27)20-21-9-6-5-7-10-21/h5-7,9-18,27,32H,3-4,8,19-20H2,1-2H3/b28-26+. The summed E-state index contributed by atoms with van der Waals surface area (Å²) in [7, 11) is 1.56. The zero-order valence-electron chi connectivity index (χ0n) is 20.6. The van der Waals surface area contributed by atoms with E-state index in [9.17, 15) is 14.7 Å². The molecule has 36 heavy (non-hydrogen) atoms. The molecule has 3 aromatic carbocycles. The van der Waals surface area contributed by atoms with E-state index in [0.29, 0.717) is 17.9 Å². The maximum Gasteiger partial charge on any atom is 0.295 e. The molecule has 1 aliphatic heterocycles. The maximum absolute atomic E-state index is 13.2. The highest BCUT2D eigenvalue weighted by Gasteiger charge is 2.46. The van der Waals surface area contributed by atoms with Gasteiger partial charge in [-0.2, -0.15) is 0 Å². The lowest BCUT2D eigenvalue weighted by Crippen LogP contribution is -2.29. The van der Waals surface area contributed by atoms with Gasteiger partial charge in [-0.25, -0.2) is 0 Å². The fourth-order valence-corrected chi connectivity index (χ4v) is 4.36. The van der Waals surface area contributed by atoms with Crippen LogP contribution in [0.5, 0.6) is 11.5 Å². The van der Waals surface area contributed by atoms with Crippen LogP contribution in [0.4, 0.5) is 0 Å². The number of aliphatic hydroxyl groups excluding tert-OH is 1. The highest BCUT2D eigenvalue weighted by atomic mass is 16.5. The number of rotatable bonds is 10. The van der Waals surface area contributed by atoms with Crippen LogP contribution in [0.1, 0.15) is 48.9 Å². The number of methoxy groups -OCH3 is 1. The van der Waals surface area contributed by atoms with Crippen LogP contribution >= 0.6 is 0 Å². The van der Waals surface area contributed by atoms with Crippen molar-refractivity contribution in [3.63, 3.8) is 0 Å². The third-order valence-corrected chi connectivity index (χ3v) is 6.31. The molecule has 4 rings (SSSR count). The Hall–Kier alpha value is -4.06. The number of ketones is 1. The van der Waals surface area contributed by atoms with Gasteiger partial charge >= 0.3 is 0 Å². The lowest BCUT2D eigenvalue weighted by atomic mass is 9.95. The molecule has 0 bridgehead atoms. The van der Waals surface area contributed by atoms with Crippen molar-refractivity contribution < 1.29 is 24.2 Å². The Morgan fingerprint density at radius 1 is 0.889 bits per heavy atom. The predicted octanol–water partition coefficient (Wildman–Crippen LogP) is 5.89. The minimum absolute atomic E-state index is 0.0673. The van der Waals surface area contributed by atoms with Gasteiger partial charge in [0.1, 0.15) is 17.3 Å². The average molecular weight is 486 g/mol. The number of ether oxygens (including phenoxy) is 2. The highest BCUT2D eigenvalue weighted by molar-refractivity contribution is 6.46. The summed E-state index contributed by atoms with van der Waals surface area (Å²) < 4.78 is 11.0. The summed E-state index contributed by atoms with van der Waals surface area (Å²) in [6.45, 7) is 3.02. The lowest BCUT2D eigenvalue weighted by Gasteiger charge is -2.25. The van der Waals surface area contributed by atoms with Crippen molar-refractivity contribution in [2.75, 3.05) is 13.7 Å². The predicted molar refractivity (Wildman–Crippen MR) is 139 cm³/mol. The minimum Gasteiger partial charge on any atom is -0.507 e. The lowest BCUT2D eigenvalue weighted by molar-refractivity contribution is -0.140. The normalized spacial score (nSPS) is 16.8. The minimum atomic E-state index is -0.735. The molecule has 186 valence electrons. The van der Waals surface area contributed by atoms with Crippen LogP contribution in [-0.4, -0.2) is 35.4 Å². The number of hydrogen-bond acceptors (Lipinski definition) is 5. The number of Topliss-reactive ketones (excluding diaryl/α,β-unsaturated/α-hetero) is 1. The summed E-state index contributed by atoms with van der Waals surface area (Å²) in [6.07, 6.45) is 3.21. The van der Waals surface area contributed by atoms with Gasteiger partial charge in [0, 0.05) is 12.1 Å². The Balaban J connectivity index is 1.72. The Kier molecular flexibility index (Phi) is 8.06. The second-order valence-electron chi connectivity index (χ2n) is 8.77. The number of unbranched alkanes of at least 4 members (excludes halogenated alkanes) is 2. The number of benzene rings is 3. The fraction of sp³-hybridized carbons (Fsp3) is 0.267. The van der Waals surface area contributed by atoms with Gasteiger partial charge in [0.25, 0.3) is 11.7 Å². The van der Waals surface area contributed by atoms with E-state index >= 15 is 0 Å².